The van der Waals surface area contributed by atoms with Crippen LogP contribution in [-0.4, -0.2) is 59.0 Å². The lowest BCUT2D eigenvalue weighted by atomic mass is 9.86. The number of amides is 1. The molecule has 1 aliphatic heterocycles. The van der Waals surface area contributed by atoms with E-state index in [1.807, 2.05) is 24.4 Å². The highest BCUT2D eigenvalue weighted by molar-refractivity contribution is 5.79. The van der Waals surface area contributed by atoms with Gasteiger partial charge in [0.25, 0.3) is 0 Å². The highest BCUT2D eigenvalue weighted by Gasteiger charge is 2.32. The molecule has 0 unspecified atom stereocenters. The van der Waals surface area contributed by atoms with Gasteiger partial charge in [-0.2, -0.15) is 0 Å². The summed E-state index contributed by atoms with van der Waals surface area (Å²) in [5, 5.41) is 0. The van der Waals surface area contributed by atoms with Gasteiger partial charge in [-0.15, -0.1) is 0 Å². The fourth-order valence-electron chi connectivity index (χ4n) is 4.60. The summed E-state index contributed by atoms with van der Waals surface area (Å²) in [5.74, 6) is 1.43. The van der Waals surface area contributed by atoms with Crippen LogP contribution in [0.3, 0.4) is 0 Å². The predicted octanol–water partition coefficient (Wildman–Crippen LogP) is 4.24. The number of piperazine rings is 1. The third-order valence-electron chi connectivity index (χ3n) is 6.53. The highest BCUT2D eigenvalue weighted by atomic mass is 16.5. The lowest BCUT2D eigenvalue weighted by Gasteiger charge is -2.39. The van der Waals surface area contributed by atoms with Crippen LogP contribution in [0.5, 0.6) is 5.75 Å². The number of hydrogen-bond donors (Lipinski definition) is 0. The lowest BCUT2D eigenvalue weighted by Crippen LogP contribution is -2.52. The van der Waals surface area contributed by atoms with Crippen LogP contribution in [0.15, 0.2) is 48.8 Å². The first kappa shape index (κ1) is 20.9. The Morgan fingerprint density at radius 1 is 0.967 bits per heavy atom. The van der Waals surface area contributed by atoms with E-state index in [1.54, 1.807) is 6.20 Å². The largest absolute Gasteiger partial charge is 0.490 e. The quantitative estimate of drug-likeness (QED) is 0.744. The first-order valence-electron chi connectivity index (χ1n) is 11.3. The maximum absolute atomic E-state index is 12.9. The average molecular weight is 408 g/mol. The number of benzene rings is 1. The van der Waals surface area contributed by atoms with Gasteiger partial charge in [-0.05, 0) is 68.9 Å². The number of aromatic nitrogens is 1. The van der Waals surface area contributed by atoms with Crippen molar-refractivity contribution in [3.05, 3.63) is 48.8 Å². The van der Waals surface area contributed by atoms with Gasteiger partial charge in [0, 0.05) is 50.5 Å². The van der Waals surface area contributed by atoms with Crippen molar-refractivity contribution in [3.63, 3.8) is 0 Å². The van der Waals surface area contributed by atoms with Crippen LogP contribution in [0.1, 0.15) is 39.5 Å². The molecule has 1 aliphatic carbocycles. The highest BCUT2D eigenvalue weighted by Crippen LogP contribution is 2.30. The molecule has 160 valence electrons. The van der Waals surface area contributed by atoms with E-state index >= 15 is 0 Å². The molecule has 1 aromatic carbocycles. The summed E-state index contributed by atoms with van der Waals surface area (Å²) in [6.07, 6.45) is 7.63. The maximum Gasteiger partial charge on any atom is 0.225 e. The van der Waals surface area contributed by atoms with Crippen LogP contribution in [0.4, 0.5) is 0 Å². The van der Waals surface area contributed by atoms with Crippen molar-refractivity contribution < 1.29 is 9.53 Å². The molecule has 4 rings (SSSR count). The van der Waals surface area contributed by atoms with Crippen molar-refractivity contribution in [1.29, 1.82) is 0 Å². The van der Waals surface area contributed by atoms with Gasteiger partial charge in [-0.3, -0.25) is 14.7 Å². The third kappa shape index (κ3) is 5.01. The van der Waals surface area contributed by atoms with Gasteiger partial charge in [0.2, 0.25) is 5.91 Å². The van der Waals surface area contributed by atoms with Gasteiger partial charge in [0.15, 0.2) is 0 Å². The Morgan fingerprint density at radius 2 is 1.67 bits per heavy atom. The third-order valence-corrected chi connectivity index (χ3v) is 6.53. The monoisotopic (exact) mass is 407 g/mol. The van der Waals surface area contributed by atoms with Crippen molar-refractivity contribution in [1.82, 2.24) is 14.8 Å². The molecule has 0 radical (unpaired) electrons. The molecule has 0 spiro atoms. The van der Waals surface area contributed by atoms with E-state index in [0.29, 0.717) is 11.9 Å². The van der Waals surface area contributed by atoms with E-state index in [2.05, 4.69) is 46.8 Å². The molecule has 30 heavy (non-hydrogen) atoms. The minimum Gasteiger partial charge on any atom is -0.490 e. The smallest absolute Gasteiger partial charge is 0.225 e. The summed E-state index contributed by atoms with van der Waals surface area (Å²) >= 11 is 0. The van der Waals surface area contributed by atoms with Gasteiger partial charge in [0.05, 0.1) is 6.10 Å². The van der Waals surface area contributed by atoms with Crippen LogP contribution in [0.2, 0.25) is 0 Å². The van der Waals surface area contributed by atoms with Crippen molar-refractivity contribution in [2.45, 2.75) is 51.7 Å². The summed E-state index contributed by atoms with van der Waals surface area (Å²) in [5.41, 5.74) is 2.25. The molecular formula is C25H33N3O2. The Hall–Kier alpha value is -2.40. The molecule has 2 aromatic rings. The fourth-order valence-corrected chi connectivity index (χ4v) is 4.60. The number of carbonyl (C=O) groups excluding carboxylic acids is 1. The van der Waals surface area contributed by atoms with E-state index in [0.717, 1.165) is 68.7 Å². The summed E-state index contributed by atoms with van der Waals surface area (Å²) in [4.78, 5) is 21.6. The molecule has 1 aromatic heterocycles. The van der Waals surface area contributed by atoms with Gasteiger partial charge >= 0.3 is 0 Å². The lowest BCUT2D eigenvalue weighted by molar-refractivity contribution is -0.139. The van der Waals surface area contributed by atoms with E-state index in [1.165, 1.54) is 0 Å². The maximum atomic E-state index is 12.9. The standard InChI is InChI=1S/C25H33N3O2/c1-19(2)27-14-16-28(17-15-27)25(29)21-7-11-24(12-8-21)30-23-9-5-20(6-10-23)22-4-3-13-26-18-22/h3-6,9-10,13,18-19,21,24H,7-8,11-12,14-17H2,1-2H3. The van der Waals surface area contributed by atoms with Crippen molar-refractivity contribution in [3.8, 4) is 16.9 Å². The normalized spacial score (nSPS) is 22.8. The van der Waals surface area contributed by atoms with Crippen molar-refractivity contribution in [2.75, 3.05) is 26.2 Å². The number of hydrogen-bond acceptors (Lipinski definition) is 4. The number of carbonyl (C=O) groups is 1. The minimum absolute atomic E-state index is 0.170. The van der Waals surface area contributed by atoms with E-state index in [9.17, 15) is 4.79 Å². The van der Waals surface area contributed by atoms with Crippen LogP contribution in [-0.2, 0) is 4.79 Å². The van der Waals surface area contributed by atoms with Crippen molar-refractivity contribution >= 4 is 5.91 Å². The Morgan fingerprint density at radius 3 is 2.27 bits per heavy atom. The zero-order valence-electron chi connectivity index (χ0n) is 18.2. The molecule has 5 heteroatoms. The van der Waals surface area contributed by atoms with Gasteiger partial charge in [0.1, 0.15) is 5.75 Å². The van der Waals surface area contributed by atoms with Crippen LogP contribution in [0.25, 0.3) is 11.1 Å². The number of nitrogens with zero attached hydrogens (tertiary/aromatic N) is 3. The Labute approximate surface area is 180 Å². The van der Waals surface area contributed by atoms with E-state index < -0.39 is 0 Å². The van der Waals surface area contributed by atoms with Crippen molar-refractivity contribution in [2.24, 2.45) is 5.92 Å². The van der Waals surface area contributed by atoms with Crippen LogP contribution in [0, 0.1) is 5.92 Å². The molecule has 0 N–H and O–H groups in total. The molecule has 0 bridgehead atoms. The Bertz CT molecular complexity index is 806. The zero-order valence-corrected chi connectivity index (χ0v) is 18.2. The molecule has 5 nitrogen and oxygen atoms in total. The topological polar surface area (TPSA) is 45.7 Å². The molecule has 0 atom stereocenters. The number of pyridine rings is 1. The summed E-state index contributed by atoms with van der Waals surface area (Å²) in [6, 6.07) is 12.8. The van der Waals surface area contributed by atoms with Gasteiger partial charge < -0.3 is 9.64 Å². The zero-order chi connectivity index (χ0) is 20.9. The second-order valence-corrected chi connectivity index (χ2v) is 8.81. The van der Waals surface area contributed by atoms with E-state index in [4.69, 9.17) is 4.74 Å². The second kappa shape index (κ2) is 9.61. The number of ether oxygens (including phenoxy) is 1. The van der Waals surface area contributed by atoms with Gasteiger partial charge in [-0.25, -0.2) is 0 Å². The number of rotatable bonds is 5. The Kier molecular flexibility index (Phi) is 6.68. The van der Waals surface area contributed by atoms with Crippen LogP contribution >= 0.6 is 0 Å². The Balaban J connectivity index is 1.24. The first-order valence-corrected chi connectivity index (χ1v) is 11.3. The molecule has 2 heterocycles. The van der Waals surface area contributed by atoms with Gasteiger partial charge in [-0.1, -0.05) is 18.2 Å². The average Bonchev–Trinajstić information content (AvgIpc) is 2.80. The fraction of sp³-hybridized carbons (Fsp3) is 0.520. The van der Waals surface area contributed by atoms with Crippen LogP contribution < -0.4 is 4.74 Å². The molecular weight excluding hydrogens is 374 g/mol. The molecule has 2 fully saturated rings. The second-order valence-electron chi connectivity index (χ2n) is 8.81. The minimum atomic E-state index is 0.170. The molecule has 1 saturated heterocycles. The van der Waals surface area contributed by atoms with E-state index in [-0.39, 0.29) is 12.0 Å². The summed E-state index contributed by atoms with van der Waals surface area (Å²) < 4.78 is 6.21. The first-order chi connectivity index (χ1) is 14.6. The molecule has 2 aliphatic rings. The molecule has 1 saturated carbocycles. The molecule has 1 amide bonds. The summed E-state index contributed by atoms with van der Waals surface area (Å²) in [7, 11) is 0. The predicted molar refractivity (Wildman–Crippen MR) is 119 cm³/mol. The summed E-state index contributed by atoms with van der Waals surface area (Å²) in [6.45, 7) is 8.19. The SMILES string of the molecule is CC(C)N1CCN(C(=O)C2CCC(Oc3ccc(-c4cccnc4)cc3)CC2)CC1.